The average molecular weight is 474 g/mol. The van der Waals surface area contributed by atoms with Gasteiger partial charge in [0.15, 0.2) is 0 Å². The third kappa shape index (κ3) is 4.42. The predicted octanol–water partition coefficient (Wildman–Crippen LogP) is 6.94. The standard InChI is InChI=1S/C27H21ClFN3S/c28-21-5-8-23-25(16-21)33-17-20-2-1-13-31-27(20)26(23)19-10-14-32(15-11-19)24(9-12-30)18-3-6-22(29)7-4-18/h1-9,13,16H,10-11,14-15,17H2/b24-9+. The molecule has 0 N–H and O–H groups in total. The lowest BCUT2D eigenvalue weighted by Gasteiger charge is -2.33. The molecular weight excluding hydrogens is 453 g/mol. The number of benzene rings is 2. The highest BCUT2D eigenvalue weighted by atomic mass is 35.5. The van der Waals surface area contributed by atoms with Crippen LogP contribution in [-0.4, -0.2) is 23.0 Å². The number of likely N-dealkylation sites (tertiary alicyclic amines) is 1. The van der Waals surface area contributed by atoms with Crippen LogP contribution in [0, 0.1) is 17.1 Å². The molecule has 0 amide bonds. The third-order valence-electron chi connectivity index (χ3n) is 6.13. The molecule has 3 nitrogen and oxygen atoms in total. The SMILES string of the molecule is N#C/C=C(\c1ccc(F)cc1)N1CCC(=C2c3ccc(Cl)cc3SCc3cccnc32)CC1. The number of halogens is 2. The van der Waals surface area contributed by atoms with Crippen molar-refractivity contribution in [2.75, 3.05) is 13.1 Å². The molecule has 1 aromatic heterocycles. The molecule has 3 heterocycles. The van der Waals surface area contributed by atoms with E-state index >= 15 is 0 Å². The van der Waals surface area contributed by atoms with Gasteiger partial charge in [0.05, 0.1) is 17.5 Å². The number of hydrogen-bond donors (Lipinski definition) is 0. The number of thioether (sulfide) groups is 1. The first kappa shape index (κ1) is 21.8. The van der Waals surface area contributed by atoms with Crippen LogP contribution < -0.4 is 0 Å². The molecule has 0 atom stereocenters. The van der Waals surface area contributed by atoms with Gasteiger partial charge in [-0.2, -0.15) is 5.26 Å². The summed E-state index contributed by atoms with van der Waals surface area (Å²) in [5.74, 6) is 0.580. The summed E-state index contributed by atoms with van der Waals surface area (Å²) in [5.41, 5.74) is 7.76. The molecule has 5 rings (SSSR count). The van der Waals surface area contributed by atoms with Gasteiger partial charge in [0.25, 0.3) is 0 Å². The predicted molar refractivity (Wildman–Crippen MR) is 132 cm³/mol. The Kier molecular flexibility index (Phi) is 6.22. The first-order chi connectivity index (χ1) is 16.1. The number of nitrogens with zero attached hydrogens (tertiary/aromatic N) is 3. The van der Waals surface area contributed by atoms with Crippen LogP contribution in [0.15, 0.2) is 77.3 Å². The summed E-state index contributed by atoms with van der Waals surface area (Å²) in [6, 6.07) is 18.8. The molecule has 1 fully saturated rings. The summed E-state index contributed by atoms with van der Waals surface area (Å²) < 4.78 is 13.4. The van der Waals surface area contributed by atoms with Gasteiger partial charge >= 0.3 is 0 Å². The van der Waals surface area contributed by atoms with E-state index in [1.807, 2.05) is 24.4 Å². The van der Waals surface area contributed by atoms with Crippen molar-refractivity contribution < 1.29 is 4.39 Å². The molecule has 33 heavy (non-hydrogen) atoms. The third-order valence-corrected chi connectivity index (χ3v) is 7.47. The van der Waals surface area contributed by atoms with E-state index in [1.165, 1.54) is 39.3 Å². The molecule has 0 spiro atoms. The van der Waals surface area contributed by atoms with Crippen molar-refractivity contribution in [3.63, 3.8) is 0 Å². The fourth-order valence-electron chi connectivity index (χ4n) is 4.55. The van der Waals surface area contributed by atoms with Crippen LogP contribution in [0.1, 0.15) is 35.2 Å². The molecule has 2 aliphatic rings. The summed E-state index contributed by atoms with van der Waals surface area (Å²) >= 11 is 8.12. The van der Waals surface area contributed by atoms with Gasteiger partial charge in [-0.3, -0.25) is 4.98 Å². The van der Waals surface area contributed by atoms with Crippen LogP contribution in [0.25, 0.3) is 11.3 Å². The van der Waals surface area contributed by atoms with Crippen molar-refractivity contribution in [1.82, 2.24) is 9.88 Å². The van der Waals surface area contributed by atoms with Crippen molar-refractivity contribution in [3.8, 4) is 6.07 Å². The fourth-order valence-corrected chi connectivity index (χ4v) is 5.87. The van der Waals surface area contributed by atoms with Crippen LogP contribution in [0.4, 0.5) is 4.39 Å². The smallest absolute Gasteiger partial charge is 0.123 e. The van der Waals surface area contributed by atoms with Gasteiger partial charge in [-0.1, -0.05) is 29.3 Å². The maximum Gasteiger partial charge on any atom is 0.123 e. The highest BCUT2D eigenvalue weighted by Crippen LogP contribution is 2.43. The van der Waals surface area contributed by atoms with E-state index in [-0.39, 0.29) is 5.82 Å². The number of nitriles is 1. The molecule has 3 aromatic rings. The Balaban J connectivity index is 1.52. The van der Waals surface area contributed by atoms with E-state index in [0.717, 1.165) is 53.7 Å². The van der Waals surface area contributed by atoms with E-state index in [4.69, 9.17) is 16.6 Å². The van der Waals surface area contributed by atoms with Crippen LogP contribution >= 0.6 is 23.4 Å². The Bertz CT molecular complexity index is 1300. The molecular formula is C27H21ClFN3S. The second-order valence-corrected chi connectivity index (χ2v) is 9.53. The zero-order valence-corrected chi connectivity index (χ0v) is 19.5. The van der Waals surface area contributed by atoms with Gasteiger partial charge < -0.3 is 4.90 Å². The number of piperidine rings is 1. The van der Waals surface area contributed by atoms with Crippen molar-refractivity contribution in [2.24, 2.45) is 0 Å². The zero-order valence-electron chi connectivity index (χ0n) is 17.9. The minimum atomic E-state index is -0.281. The van der Waals surface area contributed by atoms with Crippen molar-refractivity contribution in [1.29, 1.82) is 5.26 Å². The second kappa shape index (κ2) is 9.43. The first-order valence-corrected chi connectivity index (χ1v) is 12.2. The van der Waals surface area contributed by atoms with Crippen LogP contribution in [0.3, 0.4) is 0 Å². The van der Waals surface area contributed by atoms with E-state index in [0.29, 0.717) is 0 Å². The molecule has 0 aliphatic carbocycles. The van der Waals surface area contributed by atoms with E-state index < -0.39 is 0 Å². The lowest BCUT2D eigenvalue weighted by molar-refractivity contribution is 0.369. The fraction of sp³-hybridized carbons (Fsp3) is 0.185. The highest BCUT2D eigenvalue weighted by Gasteiger charge is 2.26. The maximum atomic E-state index is 13.4. The molecule has 164 valence electrons. The van der Waals surface area contributed by atoms with E-state index in [2.05, 4.69) is 23.1 Å². The van der Waals surface area contributed by atoms with Gasteiger partial charge in [0.1, 0.15) is 5.82 Å². The molecule has 2 aromatic carbocycles. The number of fused-ring (bicyclic) bond motifs is 2. The molecule has 0 unspecified atom stereocenters. The lowest BCUT2D eigenvalue weighted by atomic mass is 9.89. The summed E-state index contributed by atoms with van der Waals surface area (Å²) in [4.78, 5) is 8.19. The van der Waals surface area contributed by atoms with E-state index in [9.17, 15) is 9.65 Å². The Labute approximate surface area is 202 Å². The molecule has 2 aliphatic heterocycles. The Morgan fingerprint density at radius 3 is 2.67 bits per heavy atom. The largest absolute Gasteiger partial charge is 0.370 e. The summed E-state index contributed by atoms with van der Waals surface area (Å²) in [6.07, 6.45) is 5.15. The number of hydrogen-bond acceptors (Lipinski definition) is 4. The maximum absolute atomic E-state index is 13.4. The molecule has 0 radical (unpaired) electrons. The quantitative estimate of drug-likeness (QED) is 0.378. The molecule has 0 saturated carbocycles. The zero-order chi connectivity index (χ0) is 22.8. The minimum Gasteiger partial charge on any atom is -0.370 e. The van der Waals surface area contributed by atoms with Crippen LogP contribution in [0.2, 0.25) is 5.02 Å². The topological polar surface area (TPSA) is 39.9 Å². The highest BCUT2D eigenvalue weighted by molar-refractivity contribution is 7.98. The van der Waals surface area contributed by atoms with E-state index in [1.54, 1.807) is 30.0 Å². The number of allylic oxidation sites excluding steroid dienone is 1. The Morgan fingerprint density at radius 1 is 1.12 bits per heavy atom. The van der Waals surface area contributed by atoms with Crippen molar-refractivity contribution in [3.05, 3.63) is 106 Å². The first-order valence-electron chi connectivity index (χ1n) is 10.8. The van der Waals surface area contributed by atoms with Gasteiger partial charge in [-0.25, -0.2) is 4.39 Å². The monoisotopic (exact) mass is 473 g/mol. The molecule has 6 heteroatoms. The second-order valence-electron chi connectivity index (χ2n) is 8.07. The van der Waals surface area contributed by atoms with Gasteiger partial charge in [0, 0.05) is 46.6 Å². The Hall–Kier alpha value is -3.07. The molecule has 0 bridgehead atoms. The Morgan fingerprint density at radius 2 is 1.91 bits per heavy atom. The minimum absolute atomic E-state index is 0.281. The summed E-state index contributed by atoms with van der Waals surface area (Å²) in [5, 5.41) is 10.1. The van der Waals surface area contributed by atoms with Gasteiger partial charge in [-0.05, 0) is 72.0 Å². The van der Waals surface area contributed by atoms with Crippen LogP contribution in [0.5, 0.6) is 0 Å². The number of pyridine rings is 1. The number of rotatable bonds is 2. The van der Waals surface area contributed by atoms with Gasteiger partial charge in [0.2, 0.25) is 0 Å². The van der Waals surface area contributed by atoms with Crippen molar-refractivity contribution >= 4 is 34.6 Å². The van der Waals surface area contributed by atoms with Crippen LogP contribution in [-0.2, 0) is 5.75 Å². The molecule has 1 saturated heterocycles. The summed E-state index contributed by atoms with van der Waals surface area (Å²) in [7, 11) is 0. The van der Waals surface area contributed by atoms with Gasteiger partial charge in [-0.15, -0.1) is 11.8 Å². The normalized spacial score (nSPS) is 16.0. The number of aromatic nitrogens is 1. The average Bonchev–Trinajstić information content (AvgIpc) is 3.00. The van der Waals surface area contributed by atoms with Crippen molar-refractivity contribution in [2.45, 2.75) is 23.5 Å². The summed E-state index contributed by atoms with van der Waals surface area (Å²) in [6.45, 7) is 1.56. The lowest BCUT2D eigenvalue weighted by Crippen LogP contribution is -2.30.